The topological polar surface area (TPSA) is 45.9 Å². The monoisotopic (exact) mass is 406 g/mol. The summed E-state index contributed by atoms with van der Waals surface area (Å²) in [7, 11) is 0. The standard InChI is InChI=1S/C19H23BrN2O3/c1-15(12-21-7-9-24-10-8-21)22(13-16-5-3-2-4-6-16)19(23)17-11-18(20)25-14-17/h2-6,11,14-15H,7-10,12-13H2,1H3. The zero-order chi connectivity index (χ0) is 17.6. The minimum absolute atomic E-state index is 0.0148. The summed E-state index contributed by atoms with van der Waals surface area (Å²) < 4.78 is 11.2. The van der Waals surface area contributed by atoms with Gasteiger partial charge in [-0.2, -0.15) is 0 Å². The summed E-state index contributed by atoms with van der Waals surface area (Å²) in [6.45, 7) is 6.85. The van der Waals surface area contributed by atoms with Crippen LogP contribution < -0.4 is 0 Å². The van der Waals surface area contributed by atoms with Gasteiger partial charge in [0.1, 0.15) is 6.26 Å². The molecular formula is C19H23BrN2O3. The van der Waals surface area contributed by atoms with Crippen molar-refractivity contribution < 1.29 is 13.9 Å². The van der Waals surface area contributed by atoms with Gasteiger partial charge in [0.2, 0.25) is 0 Å². The number of morpholine rings is 1. The van der Waals surface area contributed by atoms with Crippen LogP contribution in [0, 0.1) is 0 Å². The van der Waals surface area contributed by atoms with E-state index < -0.39 is 0 Å². The van der Waals surface area contributed by atoms with E-state index >= 15 is 0 Å². The van der Waals surface area contributed by atoms with E-state index in [2.05, 4.69) is 27.8 Å². The van der Waals surface area contributed by atoms with Crippen LogP contribution in [-0.4, -0.2) is 54.6 Å². The molecule has 1 aromatic heterocycles. The fraction of sp³-hybridized carbons (Fsp3) is 0.421. The number of halogens is 1. The van der Waals surface area contributed by atoms with Crippen molar-refractivity contribution in [2.45, 2.75) is 19.5 Å². The smallest absolute Gasteiger partial charge is 0.257 e. The molecule has 3 rings (SSSR count). The minimum Gasteiger partial charge on any atom is -0.457 e. The number of rotatable bonds is 6. The van der Waals surface area contributed by atoms with Crippen molar-refractivity contribution in [1.29, 1.82) is 0 Å². The molecule has 25 heavy (non-hydrogen) atoms. The maximum atomic E-state index is 13.0. The second kappa shape index (κ2) is 8.65. The Morgan fingerprint density at radius 3 is 2.64 bits per heavy atom. The lowest BCUT2D eigenvalue weighted by Gasteiger charge is -2.35. The van der Waals surface area contributed by atoms with Gasteiger partial charge in [-0.15, -0.1) is 0 Å². The molecule has 1 aromatic carbocycles. The number of furan rings is 1. The van der Waals surface area contributed by atoms with Gasteiger partial charge >= 0.3 is 0 Å². The number of amides is 1. The van der Waals surface area contributed by atoms with E-state index in [1.807, 2.05) is 35.2 Å². The SMILES string of the molecule is CC(CN1CCOCC1)N(Cc1ccccc1)C(=O)c1coc(Br)c1. The number of ether oxygens (including phenoxy) is 1. The van der Waals surface area contributed by atoms with E-state index in [0.717, 1.165) is 38.4 Å². The highest BCUT2D eigenvalue weighted by Crippen LogP contribution is 2.19. The van der Waals surface area contributed by atoms with Gasteiger partial charge in [-0.05, 0) is 28.4 Å². The number of hydrogen-bond donors (Lipinski definition) is 0. The highest BCUT2D eigenvalue weighted by atomic mass is 79.9. The minimum atomic E-state index is -0.0148. The first-order chi connectivity index (χ1) is 12.1. The first-order valence-electron chi connectivity index (χ1n) is 8.52. The van der Waals surface area contributed by atoms with Crippen LogP contribution in [0.1, 0.15) is 22.8 Å². The average molecular weight is 407 g/mol. The van der Waals surface area contributed by atoms with Crippen molar-refractivity contribution in [2.75, 3.05) is 32.8 Å². The Balaban J connectivity index is 1.76. The van der Waals surface area contributed by atoms with Gasteiger partial charge in [-0.25, -0.2) is 0 Å². The molecule has 6 heteroatoms. The summed E-state index contributed by atoms with van der Waals surface area (Å²) in [5.74, 6) is -0.0148. The molecule has 0 radical (unpaired) electrons. The molecule has 1 aliphatic rings. The Kier molecular flexibility index (Phi) is 6.29. The fourth-order valence-corrected chi connectivity index (χ4v) is 3.39. The predicted octanol–water partition coefficient (Wildman–Crippen LogP) is 3.41. The maximum Gasteiger partial charge on any atom is 0.257 e. The molecule has 0 N–H and O–H groups in total. The van der Waals surface area contributed by atoms with Gasteiger partial charge in [-0.3, -0.25) is 9.69 Å². The molecular weight excluding hydrogens is 384 g/mol. The van der Waals surface area contributed by atoms with Crippen LogP contribution in [-0.2, 0) is 11.3 Å². The zero-order valence-electron chi connectivity index (χ0n) is 14.4. The fourth-order valence-electron chi connectivity index (χ4n) is 3.05. The number of carbonyl (C=O) groups excluding carboxylic acids is 1. The lowest BCUT2D eigenvalue weighted by Crippen LogP contribution is -2.47. The third kappa shape index (κ3) is 4.93. The number of hydrogen-bond acceptors (Lipinski definition) is 4. The first kappa shape index (κ1) is 18.2. The Labute approximate surface area is 156 Å². The van der Waals surface area contributed by atoms with Gasteiger partial charge in [-0.1, -0.05) is 30.3 Å². The van der Waals surface area contributed by atoms with Gasteiger partial charge in [0.05, 0.1) is 18.8 Å². The van der Waals surface area contributed by atoms with E-state index in [1.165, 1.54) is 6.26 Å². The lowest BCUT2D eigenvalue weighted by molar-refractivity contribution is 0.0228. The Morgan fingerprint density at radius 1 is 1.28 bits per heavy atom. The number of carbonyl (C=O) groups is 1. The summed E-state index contributed by atoms with van der Waals surface area (Å²) in [5.41, 5.74) is 1.68. The summed E-state index contributed by atoms with van der Waals surface area (Å²) in [6, 6.07) is 11.9. The Hall–Kier alpha value is -1.63. The highest BCUT2D eigenvalue weighted by molar-refractivity contribution is 9.10. The zero-order valence-corrected chi connectivity index (χ0v) is 15.9. The van der Waals surface area contributed by atoms with Crippen LogP contribution in [0.5, 0.6) is 0 Å². The van der Waals surface area contributed by atoms with E-state index in [0.29, 0.717) is 16.8 Å². The quantitative estimate of drug-likeness (QED) is 0.737. The van der Waals surface area contributed by atoms with Crippen LogP contribution in [0.25, 0.3) is 0 Å². The molecule has 1 aliphatic heterocycles. The molecule has 1 amide bonds. The lowest BCUT2D eigenvalue weighted by atomic mass is 10.1. The van der Waals surface area contributed by atoms with Crippen LogP contribution in [0.4, 0.5) is 0 Å². The van der Waals surface area contributed by atoms with Crippen molar-refractivity contribution in [3.8, 4) is 0 Å². The molecule has 1 unspecified atom stereocenters. The van der Waals surface area contributed by atoms with Crippen molar-refractivity contribution in [3.05, 3.63) is 58.5 Å². The first-order valence-corrected chi connectivity index (χ1v) is 9.32. The van der Waals surface area contributed by atoms with Crippen molar-refractivity contribution in [2.24, 2.45) is 0 Å². The van der Waals surface area contributed by atoms with E-state index in [1.54, 1.807) is 6.07 Å². The molecule has 0 aliphatic carbocycles. The number of benzene rings is 1. The van der Waals surface area contributed by atoms with Crippen molar-refractivity contribution >= 4 is 21.8 Å². The van der Waals surface area contributed by atoms with Crippen LogP contribution in [0.2, 0.25) is 0 Å². The molecule has 2 heterocycles. The average Bonchev–Trinajstić information content (AvgIpc) is 3.07. The van der Waals surface area contributed by atoms with Crippen LogP contribution in [0.15, 0.2) is 51.7 Å². The summed E-state index contributed by atoms with van der Waals surface area (Å²) >= 11 is 3.27. The van der Waals surface area contributed by atoms with Crippen molar-refractivity contribution in [3.63, 3.8) is 0 Å². The van der Waals surface area contributed by atoms with E-state index in [9.17, 15) is 4.79 Å². The third-order valence-electron chi connectivity index (χ3n) is 4.43. The second-order valence-electron chi connectivity index (χ2n) is 6.32. The molecule has 1 atom stereocenters. The molecule has 0 bridgehead atoms. The molecule has 2 aromatic rings. The van der Waals surface area contributed by atoms with Gasteiger partial charge in [0, 0.05) is 38.3 Å². The highest BCUT2D eigenvalue weighted by Gasteiger charge is 2.25. The molecule has 0 spiro atoms. The predicted molar refractivity (Wildman–Crippen MR) is 99.4 cm³/mol. The largest absolute Gasteiger partial charge is 0.457 e. The van der Waals surface area contributed by atoms with Gasteiger partial charge < -0.3 is 14.1 Å². The van der Waals surface area contributed by atoms with Gasteiger partial charge in [0.15, 0.2) is 4.67 Å². The Bertz CT molecular complexity index is 683. The molecule has 1 saturated heterocycles. The van der Waals surface area contributed by atoms with Crippen LogP contribution >= 0.6 is 15.9 Å². The molecule has 1 fully saturated rings. The molecule has 134 valence electrons. The maximum absolute atomic E-state index is 13.0. The number of nitrogens with zero attached hydrogens (tertiary/aromatic N) is 2. The summed E-state index contributed by atoms with van der Waals surface area (Å²) in [5, 5.41) is 0. The summed E-state index contributed by atoms with van der Waals surface area (Å²) in [6.07, 6.45) is 1.51. The Morgan fingerprint density at radius 2 is 2.00 bits per heavy atom. The normalized spacial score (nSPS) is 16.6. The summed E-state index contributed by atoms with van der Waals surface area (Å²) in [4.78, 5) is 17.3. The van der Waals surface area contributed by atoms with Crippen LogP contribution in [0.3, 0.4) is 0 Å². The third-order valence-corrected chi connectivity index (χ3v) is 4.85. The molecule has 0 saturated carbocycles. The van der Waals surface area contributed by atoms with Crippen molar-refractivity contribution in [1.82, 2.24) is 9.80 Å². The second-order valence-corrected chi connectivity index (χ2v) is 7.10. The van der Waals surface area contributed by atoms with E-state index in [4.69, 9.17) is 9.15 Å². The van der Waals surface area contributed by atoms with Gasteiger partial charge in [0.25, 0.3) is 5.91 Å². The van der Waals surface area contributed by atoms with E-state index in [-0.39, 0.29) is 11.9 Å². The molecule has 5 nitrogen and oxygen atoms in total.